The van der Waals surface area contributed by atoms with Gasteiger partial charge in [-0.05, 0) is 65.2 Å². The standard InChI is InChI=1S/C27H32BrNO6S/c28-22-23(35-16-21(30)31)25(27(33)34)36-24(22)19-12-7-13-20(14-19)29(15-17-8-3-1-4-9-17)26(32)18-10-5-2-6-11-18/h7,12-14,17-18H,1-6,8-11,15-16H2,(H,30,31)(H,33,34). The fraction of sp³-hybridized carbons (Fsp3) is 0.519. The Morgan fingerprint density at radius 1 is 1.00 bits per heavy atom. The molecule has 9 heteroatoms. The Kier molecular flexibility index (Phi) is 9.06. The number of carboxylic acids is 2. The van der Waals surface area contributed by atoms with Crippen LogP contribution in [0.2, 0.25) is 0 Å². The van der Waals surface area contributed by atoms with Gasteiger partial charge < -0.3 is 19.8 Å². The minimum absolute atomic E-state index is 0.00708. The number of halogens is 1. The van der Waals surface area contributed by atoms with Crippen molar-refractivity contribution in [3.05, 3.63) is 33.6 Å². The Hall–Kier alpha value is -2.39. The van der Waals surface area contributed by atoms with Gasteiger partial charge in [0, 0.05) is 18.2 Å². The molecule has 1 aromatic carbocycles. The molecule has 1 amide bonds. The molecule has 4 rings (SSSR count). The predicted molar refractivity (Wildman–Crippen MR) is 143 cm³/mol. The van der Waals surface area contributed by atoms with Gasteiger partial charge in [-0.15, -0.1) is 11.3 Å². The Bertz CT molecular complexity index is 1100. The van der Waals surface area contributed by atoms with Crippen molar-refractivity contribution in [2.24, 2.45) is 11.8 Å². The summed E-state index contributed by atoms with van der Waals surface area (Å²) < 4.78 is 5.71. The van der Waals surface area contributed by atoms with Crippen LogP contribution in [0.15, 0.2) is 28.7 Å². The third-order valence-corrected chi connectivity index (χ3v) is 9.38. The van der Waals surface area contributed by atoms with Crippen molar-refractivity contribution in [2.45, 2.75) is 64.2 Å². The molecule has 0 spiro atoms. The van der Waals surface area contributed by atoms with Gasteiger partial charge in [-0.25, -0.2) is 9.59 Å². The van der Waals surface area contributed by atoms with Crippen LogP contribution in [0.5, 0.6) is 5.75 Å². The van der Waals surface area contributed by atoms with Crippen LogP contribution >= 0.6 is 27.3 Å². The Labute approximate surface area is 223 Å². The average molecular weight is 579 g/mol. The maximum absolute atomic E-state index is 13.7. The van der Waals surface area contributed by atoms with Crippen LogP contribution in [0.3, 0.4) is 0 Å². The van der Waals surface area contributed by atoms with Gasteiger partial charge in [0.1, 0.15) is 0 Å². The second-order valence-corrected chi connectivity index (χ2v) is 11.5. The highest BCUT2D eigenvalue weighted by Gasteiger charge is 2.30. The van der Waals surface area contributed by atoms with Crippen LogP contribution in [-0.2, 0) is 9.59 Å². The van der Waals surface area contributed by atoms with E-state index in [1.807, 2.05) is 29.2 Å². The molecule has 0 saturated heterocycles. The summed E-state index contributed by atoms with van der Waals surface area (Å²) in [4.78, 5) is 39.1. The third-order valence-electron chi connectivity index (χ3n) is 7.15. The van der Waals surface area contributed by atoms with Gasteiger partial charge in [-0.3, -0.25) is 4.79 Å². The van der Waals surface area contributed by atoms with Crippen molar-refractivity contribution in [3.63, 3.8) is 0 Å². The van der Waals surface area contributed by atoms with E-state index in [2.05, 4.69) is 15.9 Å². The molecular formula is C27H32BrNO6S. The molecule has 36 heavy (non-hydrogen) atoms. The van der Waals surface area contributed by atoms with Gasteiger partial charge in [0.25, 0.3) is 0 Å². The van der Waals surface area contributed by atoms with Gasteiger partial charge in [0.2, 0.25) is 5.91 Å². The number of aromatic carboxylic acids is 1. The molecule has 0 unspecified atom stereocenters. The number of hydrogen-bond donors (Lipinski definition) is 2. The molecule has 1 heterocycles. The highest BCUT2D eigenvalue weighted by atomic mass is 79.9. The third kappa shape index (κ3) is 6.29. The van der Waals surface area contributed by atoms with Crippen LogP contribution in [0.25, 0.3) is 10.4 Å². The molecule has 194 valence electrons. The molecule has 0 aliphatic heterocycles. The lowest BCUT2D eigenvalue weighted by molar-refractivity contribution is -0.139. The van der Waals surface area contributed by atoms with E-state index in [0.717, 1.165) is 61.1 Å². The SMILES string of the molecule is O=C(O)COc1c(C(=O)O)sc(-c2cccc(N(CC3CCCCC3)C(=O)C3CCCCC3)c2)c1Br. The number of thiophene rings is 1. The zero-order chi connectivity index (χ0) is 25.7. The molecule has 7 nitrogen and oxygen atoms in total. The monoisotopic (exact) mass is 577 g/mol. The van der Waals surface area contributed by atoms with Crippen LogP contribution in [0.4, 0.5) is 5.69 Å². The highest BCUT2D eigenvalue weighted by molar-refractivity contribution is 9.10. The van der Waals surface area contributed by atoms with Gasteiger partial charge in [-0.2, -0.15) is 0 Å². The lowest BCUT2D eigenvalue weighted by atomic mass is 9.86. The first-order chi connectivity index (χ1) is 17.3. The average Bonchev–Trinajstić information content (AvgIpc) is 3.23. The number of rotatable bonds is 9. The first kappa shape index (κ1) is 26.7. The predicted octanol–water partition coefficient (Wildman–Crippen LogP) is 6.83. The van der Waals surface area contributed by atoms with Crippen LogP contribution in [0, 0.1) is 11.8 Å². The molecular weight excluding hydrogens is 546 g/mol. The highest BCUT2D eigenvalue weighted by Crippen LogP contribution is 2.46. The van der Waals surface area contributed by atoms with E-state index in [-0.39, 0.29) is 22.5 Å². The Morgan fingerprint density at radius 3 is 2.31 bits per heavy atom. The zero-order valence-electron chi connectivity index (χ0n) is 20.2. The van der Waals surface area contributed by atoms with Gasteiger partial charge in [-0.1, -0.05) is 50.7 Å². The lowest BCUT2D eigenvalue weighted by Crippen LogP contribution is -2.40. The number of ether oxygens (including phenoxy) is 1. The summed E-state index contributed by atoms with van der Waals surface area (Å²) in [5.74, 6) is -1.64. The van der Waals surface area contributed by atoms with E-state index in [1.54, 1.807) is 0 Å². The molecule has 2 saturated carbocycles. The second-order valence-electron chi connectivity index (χ2n) is 9.73. The van der Waals surface area contributed by atoms with E-state index in [4.69, 9.17) is 9.84 Å². The minimum atomic E-state index is -1.19. The van der Waals surface area contributed by atoms with E-state index < -0.39 is 18.5 Å². The first-order valence-corrected chi connectivity index (χ1v) is 14.3. The number of carbonyl (C=O) groups excluding carboxylic acids is 1. The van der Waals surface area contributed by atoms with Gasteiger partial charge in [0.15, 0.2) is 17.2 Å². The molecule has 2 N–H and O–H groups in total. The second kappa shape index (κ2) is 12.2. The quantitative estimate of drug-likeness (QED) is 0.338. The summed E-state index contributed by atoms with van der Waals surface area (Å²) in [5, 5.41) is 18.7. The summed E-state index contributed by atoms with van der Waals surface area (Å²) in [5.41, 5.74) is 1.57. The van der Waals surface area contributed by atoms with Crippen molar-refractivity contribution in [2.75, 3.05) is 18.1 Å². The number of nitrogens with zero attached hydrogens (tertiary/aromatic N) is 1. The fourth-order valence-corrected chi connectivity index (χ4v) is 7.21. The molecule has 2 aromatic rings. The zero-order valence-corrected chi connectivity index (χ0v) is 22.6. The number of anilines is 1. The van der Waals surface area contributed by atoms with E-state index in [0.29, 0.717) is 21.8 Å². The van der Waals surface area contributed by atoms with E-state index >= 15 is 0 Å². The van der Waals surface area contributed by atoms with Crippen LogP contribution in [-0.4, -0.2) is 41.2 Å². The maximum Gasteiger partial charge on any atom is 0.349 e. The maximum atomic E-state index is 13.7. The van der Waals surface area contributed by atoms with Crippen molar-refractivity contribution < 1.29 is 29.3 Å². The van der Waals surface area contributed by atoms with Crippen molar-refractivity contribution in [3.8, 4) is 16.2 Å². The van der Waals surface area contributed by atoms with E-state index in [9.17, 15) is 19.5 Å². The smallest absolute Gasteiger partial charge is 0.349 e. The Morgan fingerprint density at radius 2 is 1.67 bits per heavy atom. The summed E-state index contributed by atoms with van der Waals surface area (Å²) in [6, 6.07) is 7.65. The number of carbonyl (C=O) groups is 3. The van der Waals surface area contributed by atoms with Crippen molar-refractivity contribution >= 4 is 50.8 Å². The number of benzene rings is 1. The van der Waals surface area contributed by atoms with Crippen molar-refractivity contribution in [1.82, 2.24) is 0 Å². The molecule has 0 bridgehead atoms. The largest absolute Gasteiger partial charge is 0.479 e. The number of hydrogen-bond acceptors (Lipinski definition) is 5. The first-order valence-electron chi connectivity index (χ1n) is 12.7. The molecule has 1 aromatic heterocycles. The van der Waals surface area contributed by atoms with Gasteiger partial charge >= 0.3 is 11.9 Å². The number of carboxylic acid groups (broad SMARTS) is 2. The fourth-order valence-electron chi connectivity index (χ4n) is 5.32. The lowest BCUT2D eigenvalue weighted by Gasteiger charge is -2.33. The summed E-state index contributed by atoms with van der Waals surface area (Å²) in [6.07, 6.45) is 11.2. The normalized spacial score (nSPS) is 17.0. The van der Waals surface area contributed by atoms with Crippen molar-refractivity contribution in [1.29, 1.82) is 0 Å². The van der Waals surface area contributed by atoms with Gasteiger partial charge in [0.05, 0.1) is 9.35 Å². The molecule has 2 fully saturated rings. The molecule has 0 radical (unpaired) electrons. The summed E-state index contributed by atoms with van der Waals surface area (Å²) in [6.45, 7) is 0.0674. The molecule has 2 aliphatic carbocycles. The minimum Gasteiger partial charge on any atom is -0.479 e. The van der Waals surface area contributed by atoms with E-state index in [1.165, 1.54) is 25.7 Å². The van der Waals surface area contributed by atoms with Crippen LogP contribution < -0.4 is 9.64 Å². The molecule has 0 atom stereocenters. The van der Waals surface area contributed by atoms with Crippen LogP contribution in [0.1, 0.15) is 73.9 Å². The number of amides is 1. The molecule has 2 aliphatic rings. The Balaban J connectivity index is 1.68. The number of aliphatic carboxylic acids is 1. The summed E-state index contributed by atoms with van der Waals surface area (Å²) in [7, 11) is 0. The summed E-state index contributed by atoms with van der Waals surface area (Å²) >= 11 is 4.46. The topological polar surface area (TPSA) is 104 Å².